The fourth-order valence-corrected chi connectivity index (χ4v) is 11.3. The number of unbranched alkanes of at least 4 members (excludes halogenated alkanes) is 32. The monoisotopic (exact) mass is 1110 g/mol. The van der Waals surface area contributed by atoms with Crippen LogP contribution in [0.25, 0.3) is 0 Å². The summed E-state index contributed by atoms with van der Waals surface area (Å²) in [6.45, 7) is 2.53. The van der Waals surface area contributed by atoms with Crippen LogP contribution in [-0.2, 0) is 27.9 Å². The predicted octanol–water partition coefficient (Wildman–Crippen LogP) is 6.15. The number of amides is 1. The molecule has 2 aliphatic rings. The predicted molar refractivity (Wildman–Crippen MR) is 289 cm³/mol. The van der Waals surface area contributed by atoms with Crippen molar-refractivity contribution in [3.63, 3.8) is 0 Å². The molecule has 1 saturated carbocycles. The molecule has 0 bridgehead atoms. The van der Waals surface area contributed by atoms with E-state index in [1.54, 1.807) is 0 Å². The number of ether oxygens (including phenoxy) is 2. The highest BCUT2D eigenvalue weighted by molar-refractivity contribution is 7.45. The second-order valence-electron chi connectivity index (χ2n) is 22.2. The minimum absolute atomic E-state index is 0.0884. The zero-order valence-electron chi connectivity index (χ0n) is 46.8. The summed E-state index contributed by atoms with van der Waals surface area (Å²) in [5.74, 6) is -0.939. The zero-order chi connectivity index (χ0) is 56.1. The summed E-state index contributed by atoms with van der Waals surface area (Å²) >= 11 is 0. The van der Waals surface area contributed by atoms with Gasteiger partial charge in [-0.2, -0.15) is 0 Å². The number of aliphatic hydroxyl groups excluding tert-OH is 11. The van der Waals surface area contributed by atoms with E-state index in [2.05, 4.69) is 19.2 Å². The van der Waals surface area contributed by atoms with Crippen molar-refractivity contribution in [1.29, 1.82) is 0 Å². The molecule has 12 N–H and O–H groups in total. The van der Waals surface area contributed by atoms with Gasteiger partial charge >= 0.3 is 0 Å². The van der Waals surface area contributed by atoms with Crippen LogP contribution in [0.1, 0.15) is 245 Å². The number of hydrogen-bond donors (Lipinski definition) is 12. The molecule has 2 rings (SSSR count). The number of hydrogen-bond acceptors (Lipinski definition) is 18. The van der Waals surface area contributed by atoms with Gasteiger partial charge in [-0.05, 0) is 12.8 Å². The molecule has 0 aromatic heterocycles. The molecule has 0 radical (unpaired) electrons. The van der Waals surface area contributed by atoms with Crippen LogP contribution >= 0.6 is 7.82 Å². The molecule has 1 unspecified atom stereocenters. The van der Waals surface area contributed by atoms with Gasteiger partial charge in [-0.25, -0.2) is 0 Å². The van der Waals surface area contributed by atoms with Gasteiger partial charge in [-0.1, -0.05) is 232 Å². The highest BCUT2D eigenvalue weighted by Gasteiger charge is 2.54. The quantitative estimate of drug-likeness (QED) is 0.0240. The average molecular weight is 1120 g/mol. The summed E-state index contributed by atoms with van der Waals surface area (Å²) in [4.78, 5) is 26.8. The molecular weight excluding hydrogens is 1010 g/mol. The highest BCUT2D eigenvalue weighted by atomic mass is 31.2. The van der Waals surface area contributed by atoms with Gasteiger partial charge in [0.15, 0.2) is 6.29 Å². The number of aliphatic hydroxyl groups is 11. The number of nitrogens with one attached hydrogen (secondary N) is 1. The molecule has 19 nitrogen and oxygen atoms in total. The lowest BCUT2D eigenvalue weighted by atomic mass is 9.84. The number of phosphoric ester groups is 1. The molecule has 1 aliphatic carbocycles. The molecule has 1 aliphatic heterocycles. The first-order valence-corrected chi connectivity index (χ1v) is 31.6. The fraction of sp³-hybridized carbons (Fsp3) is 0.982. The largest absolute Gasteiger partial charge is 0.756 e. The average Bonchev–Trinajstić information content (AvgIpc) is 3.40. The lowest BCUT2D eigenvalue weighted by molar-refractivity contribution is -0.341. The lowest BCUT2D eigenvalue weighted by Crippen LogP contribution is -2.67. The maximum absolute atomic E-state index is 13.5. The van der Waals surface area contributed by atoms with E-state index in [4.69, 9.17) is 18.5 Å². The third-order valence-electron chi connectivity index (χ3n) is 15.5. The van der Waals surface area contributed by atoms with Gasteiger partial charge in [0, 0.05) is 0 Å². The van der Waals surface area contributed by atoms with E-state index in [9.17, 15) is 70.4 Å². The molecule has 20 heteroatoms. The van der Waals surface area contributed by atoms with Crippen molar-refractivity contribution < 1.29 is 88.9 Å². The van der Waals surface area contributed by atoms with Gasteiger partial charge in [-0.3, -0.25) is 9.36 Å². The van der Waals surface area contributed by atoms with Crippen LogP contribution in [-0.4, -0.2) is 167 Å². The maximum atomic E-state index is 13.5. The van der Waals surface area contributed by atoms with Crippen molar-refractivity contribution in [2.24, 2.45) is 0 Å². The molecular formula is C56H109NO18P-. The van der Waals surface area contributed by atoms with E-state index in [0.29, 0.717) is 12.8 Å². The third-order valence-corrected chi connectivity index (χ3v) is 16.4. The fourth-order valence-electron chi connectivity index (χ4n) is 10.4. The first kappa shape index (κ1) is 71.2. The van der Waals surface area contributed by atoms with Crippen LogP contribution in [0.2, 0.25) is 0 Å². The maximum Gasteiger partial charge on any atom is 0.268 e. The van der Waals surface area contributed by atoms with E-state index < -0.39 is 119 Å². The Morgan fingerprint density at radius 3 is 1.26 bits per heavy atom. The molecule has 16 atom stereocenters. The smallest absolute Gasteiger partial charge is 0.268 e. The number of carbonyl (C=O) groups excluding carboxylic acids is 1. The van der Waals surface area contributed by atoms with Crippen LogP contribution in [0.15, 0.2) is 0 Å². The Kier molecular flexibility index (Phi) is 40.1. The van der Waals surface area contributed by atoms with E-state index in [0.717, 1.165) is 57.8 Å². The minimum Gasteiger partial charge on any atom is -0.756 e. The zero-order valence-corrected chi connectivity index (χ0v) is 47.6. The summed E-state index contributed by atoms with van der Waals surface area (Å²) in [6.07, 6.45) is 12.6. The summed E-state index contributed by atoms with van der Waals surface area (Å²) in [5, 5.41) is 119. The Balaban J connectivity index is 1.90. The normalized spacial score (nSPS) is 27.5. The first-order valence-electron chi connectivity index (χ1n) is 30.2. The van der Waals surface area contributed by atoms with Crippen LogP contribution in [0.3, 0.4) is 0 Å². The number of rotatable bonds is 48. The summed E-state index contributed by atoms with van der Waals surface area (Å²) in [5.41, 5.74) is 0. The minimum atomic E-state index is -5.74. The number of phosphoric acid groups is 1. The molecule has 0 aromatic rings. The van der Waals surface area contributed by atoms with Crippen molar-refractivity contribution in [3.8, 4) is 0 Å². The third kappa shape index (κ3) is 29.2. The van der Waals surface area contributed by atoms with E-state index in [1.807, 2.05) is 0 Å². The highest BCUT2D eigenvalue weighted by Crippen LogP contribution is 2.44. The van der Waals surface area contributed by atoms with Crippen LogP contribution in [0.4, 0.5) is 0 Å². The van der Waals surface area contributed by atoms with Crippen molar-refractivity contribution in [3.05, 3.63) is 0 Å². The molecule has 1 saturated heterocycles. The Hall–Kier alpha value is -0.940. The standard InChI is InChI=1S/C56H110NO18P/c1-3-5-7-9-11-13-15-17-18-19-20-21-22-23-24-25-26-28-30-32-34-36-38-43(60)55(69)57-41(45(61)42(59)37-35-33-31-29-27-16-14-12-10-8-6-4-2)40-72-76(70,71)75-54-51(67)49(65)48(64)50(66)53(54)74-56-52(68)47(63)46(62)44(39-58)73-56/h41-54,56,58-68H,3-40H2,1-2H3,(H,57,69)(H,70,71)/p-1/t41-,42+,43-,44+,45-,46+,47-,48+,49+,50-,51+,52-,53+,54+,56-/m0/s1. The Labute approximate surface area is 456 Å². The second kappa shape index (κ2) is 42.8. The summed E-state index contributed by atoms with van der Waals surface area (Å²) in [7, 11) is -5.74. The SMILES string of the molecule is CCCCCCCCCCCCCCCCCCCCCCCC[C@H](O)C(=O)N[C@@H](COP(=O)([O-])O[C@@H]1[C@H](O)[C@H](O)[C@@H](O)[C@H](O)[C@H]1O[C@@H]1O[C@H](CO)[C@@H](O)[C@H](O)[C@@H]1O)[C@H](O)[C@H](O)CCCCCCCCCCCCCC. The second-order valence-corrected chi connectivity index (χ2v) is 23.5. The van der Waals surface area contributed by atoms with Crippen LogP contribution in [0.5, 0.6) is 0 Å². The lowest BCUT2D eigenvalue weighted by Gasteiger charge is -2.47. The molecule has 0 spiro atoms. The Morgan fingerprint density at radius 1 is 0.513 bits per heavy atom. The van der Waals surface area contributed by atoms with Gasteiger partial charge in [0.25, 0.3) is 7.82 Å². The van der Waals surface area contributed by atoms with Crippen molar-refractivity contribution in [2.75, 3.05) is 13.2 Å². The van der Waals surface area contributed by atoms with Crippen LogP contribution < -0.4 is 10.2 Å². The van der Waals surface area contributed by atoms with E-state index in [1.165, 1.54) is 148 Å². The molecule has 0 aromatic carbocycles. The van der Waals surface area contributed by atoms with Gasteiger partial charge < -0.3 is 84.9 Å². The van der Waals surface area contributed by atoms with Gasteiger partial charge in [0.1, 0.15) is 73.2 Å². The first-order chi connectivity index (χ1) is 36.5. The molecule has 2 fully saturated rings. The van der Waals surface area contributed by atoms with Crippen molar-refractivity contribution in [1.82, 2.24) is 5.32 Å². The number of carbonyl (C=O) groups is 1. The van der Waals surface area contributed by atoms with Crippen molar-refractivity contribution >= 4 is 13.7 Å². The van der Waals surface area contributed by atoms with E-state index in [-0.39, 0.29) is 12.8 Å². The summed E-state index contributed by atoms with van der Waals surface area (Å²) in [6, 6.07) is -1.62. The van der Waals surface area contributed by atoms with Gasteiger partial charge in [0.2, 0.25) is 5.91 Å². The van der Waals surface area contributed by atoms with Crippen LogP contribution in [0, 0.1) is 0 Å². The Bertz CT molecular complexity index is 1460. The molecule has 452 valence electrons. The topological polar surface area (TPSA) is 329 Å². The molecule has 1 heterocycles. The van der Waals surface area contributed by atoms with E-state index >= 15 is 0 Å². The van der Waals surface area contributed by atoms with Crippen molar-refractivity contribution in [2.45, 2.75) is 337 Å². The summed E-state index contributed by atoms with van der Waals surface area (Å²) < 4.78 is 34.4. The molecule has 76 heavy (non-hydrogen) atoms. The van der Waals surface area contributed by atoms with Gasteiger partial charge in [-0.15, -0.1) is 0 Å². The molecule has 1 amide bonds. The Morgan fingerprint density at radius 2 is 0.868 bits per heavy atom. The van der Waals surface area contributed by atoms with Gasteiger partial charge in [0.05, 0.1) is 25.4 Å².